The maximum absolute atomic E-state index is 15.1. The van der Waals surface area contributed by atoms with E-state index in [9.17, 15) is 40.5 Å². The van der Waals surface area contributed by atoms with Crippen LogP contribution < -0.4 is 5.43 Å². The smallest absolute Gasteiger partial charge is 0.200 e. The lowest BCUT2D eigenvalue weighted by molar-refractivity contribution is 0.0878. The highest BCUT2D eigenvalue weighted by molar-refractivity contribution is 6.03. The van der Waals surface area contributed by atoms with Crippen molar-refractivity contribution in [3.8, 4) is 51.6 Å². The molecule has 1 aromatic heterocycles. The Hall–Kier alpha value is -6.42. The molecule has 0 saturated carbocycles. The van der Waals surface area contributed by atoms with E-state index in [0.717, 1.165) is 28.9 Å². The number of rotatable bonds is 9. The van der Waals surface area contributed by atoms with Gasteiger partial charge in [-0.3, -0.25) is 9.59 Å². The van der Waals surface area contributed by atoms with Gasteiger partial charge in [-0.05, 0) is 102 Å². The molecule has 4 aromatic carbocycles. The van der Waals surface area contributed by atoms with Crippen molar-refractivity contribution < 1.29 is 45.0 Å². The van der Waals surface area contributed by atoms with Gasteiger partial charge in [0.15, 0.2) is 5.78 Å². The molecule has 284 valence electrons. The minimum atomic E-state index is -1.07. The van der Waals surface area contributed by atoms with Gasteiger partial charge in [-0.1, -0.05) is 47.1 Å². The molecule has 0 fully saturated rings. The van der Waals surface area contributed by atoms with Crippen molar-refractivity contribution in [1.82, 2.24) is 0 Å². The topological polar surface area (TPSA) is 189 Å². The van der Waals surface area contributed by atoms with Gasteiger partial charge >= 0.3 is 0 Å². The zero-order valence-corrected chi connectivity index (χ0v) is 31.2. The highest BCUT2D eigenvalue weighted by Gasteiger charge is 2.43. The monoisotopic (exact) mass is 744 g/mol. The van der Waals surface area contributed by atoms with Crippen molar-refractivity contribution >= 4 is 16.8 Å². The molecular weight excluding hydrogens is 700 g/mol. The van der Waals surface area contributed by atoms with E-state index < -0.39 is 46.2 Å². The predicted molar refractivity (Wildman–Crippen MR) is 210 cm³/mol. The molecule has 0 bridgehead atoms. The third kappa shape index (κ3) is 7.40. The van der Waals surface area contributed by atoms with Gasteiger partial charge in [0.1, 0.15) is 57.0 Å². The first-order chi connectivity index (χ1) is 26.1. The molecule has 0 spiro atoms. The number of allylic oxidation sites excluding steroid dienone is 6. The summed E-state index contributed by atoms with van der Waals surface area (Å²) in [7, 11) is 0. The molecule has 3 atom stereocenters. The highest BCUT2D eigenvalue weighted by Crippen LogP contribution is 2.52. The summed E-state index contributed by atoms with van der Waals surface area (Å²) in [5, 5.41) is 76.3. The maximum atomic E-state index is 15.1. The fourth-order valence-corrected chi connectivity index (χ4v) is 7.50. The number of carbonyl (C=O) groups is 1. The van der Waals surface area contributed by atoms with Crippen LogP contribution >= 0.6 is 0 Å². The molecule has 0 amide bonds. The van der Waals surface area contributed by atoms with Crippen LogP contribution in [0.5, 0.6) is 40.2 Å². The van der Waals surface area contributed by atoms with Gasteiger partial charge in [-0.25, -0.2) is 0 Å². The van der Waals surface area contributed by atoms with Crippen molar-refractivity contribution in [2.75, 3.05) is 0 Å². The summed E-state index contributed by atoms with van der Waals surface area (Å²) in [5.41, 5.74) is 2.78. The number of aromatic hydroxyl groups is 7. The van der Waals surface area contributed by atoms with Gasteiger partial charge in [0.25, 0.3) is 0 Å². The van der Waals surface area contributed by atoms with E-state index in [2.05, 4.69) is 0 Å². The van der Waals surface area contributed by atoms with Crippen LogP contribution in [-0.4, -0.2) is 41.5 Å². The lowest BCUT2D eigenvalue weighted by Gasteiger charge is -2.37. The fraction of sp³-hybridized carbons (Fsp3) is 0.244. The van der Waals surface area contributed by atoms with Crippen LogP contribution in [0.25, 0.3) is 22.3 Å². The standard InChI is InChI=1S/C45H44O10/c1-22(2)6-13-28-34(48)17-16-30(41(28)52)42(53)38-32(25-8-10-26(46)11-9-25)18-24(5)19-33(38)39-36(50)21-37(51)40-43(54)31(14-7-23(3)4)44(55-45(39)40)29-15-12-27(47)20-35(29)49/h6-12,15-17,19-21,32-33,38,46-52H,13-14,18H2,1-5H3/t32-,33-,38-/m1/s1. The summed E-state index contributed by atoms with van der Waals surface area (Å²) in [4.78, 5) is 29.6. The van der Waals surface area contributed by atoms with E-state index in [1.165, 1.54) is 36.4 Å². The average molecular weight is 745 g/mol. The molecule has 10 nitrogen and oxygen atoms in total. The van der Waals surface area contributed by atoms with Crippen molar-refractivity contribution in [2.45, 2.75) is 65.7 Å². The lowest BCUT2D eigenvalue weighted by Crippen LogP contribution is -2.32. The largest absolute Gasteiger partial charge is 0.508 e. The van der Waals surface area contributed by atoms with Gasteiger partial charge in [0.05, 0.1) is 11.1 Å². The minimum absolute atomic E-state index is 0.0161. The first-order valence-corrected chi connectivity index (χ1v) is 17.9. The summed E-state index contributed by atoms with van der Waals surface area (Å²) >= 11 is 0. The van der Waals surface area contributed by atoms with E-state index in [4.69, 9.17) is 4.42 Å². The minimum Gasteiger partial charge on any atom is -0.508 e. The normalized spacial score (nSPS) is 16.7. The van der Waals surface area contributed by atoms with Crippen LogP contribution in [0.15, 0.2) is 105 Å². The van der Waals surface area contributed by atoms with Crippen LogP contribution in [0.1, 0.15) is 85.5 Å². The quantitative estimate of drug-likeness (QED) is 0.0566. The molecule has 0 aliphatic heterocycles. The first-order valence-electron chi connectivity index (χ1n) is 17.9. The molecular formula is C45H44O10. The van der Waals surface area contributed by atoms with Gasteiger partial charge in [0.2, 0.25) is 5.43 Å². The number of hydrogen-bond acceptors (Lipinski definition) is 10. The lowest BCUT2D eigenvalue weighted by atomic mass is 9.65. The number of ketones is 1. The third-order valence-electron chi connectivity index (χ3n) is 10.2. The Balaban J connectivity index is 1.68. The molecule has 6 rings (SSSR count). The number of carbonyl (C=O) groups excluding carboxylic acids is 1. The summed E-state index contributed by atoms with van der Waals surface area (Å²) < 4.78 is 6.54. The Labute approximate surface area is 317 Å². The van der Waals surface area contributed by atoms with Crippen molar-refractivity contribution in [3.05, 3.63) is 134 Å². The number of benzene rings is 4. The zero-order valence-electron chi connectivity index (χ0n) is 31.2. The van der Waals surface area contributed by atoms with Crippen LogP contribution in [0.4, 0.5) is 0 Å². The molecule has 0 unspecified atom stereocenters. The third-order valence-corrected chi connectivity index (χ3v) is 10.2. The van der Waals surface area contributed by atoms with E-state index in [-0.39, 0.29) is 80.4 Å². The Kier molecular flexibility index (Phi) is 10.5. The Morgan fingerprint density at radius 2 is 1.38 bits per heavy atom. The summed E-state index contributed by atoms with van der Waals surface area (Å²) in [6.07, 6.45) is 6.00. The SMILES string of the molecule is CC(C)=CCc1c(O)ccc(C(=O)[C@@H]2[C@@H](c3ccc(O)cc3)CC(C)=C[C@H]2c2c(O)cc(O)c3c(=O)c(CC=C(C)C)c(-c4ccc(O)cc4O)oc23)c1O. The van der Waals surface area contributed by atoms with E-state index >= 15 is 4.79 Å². The molecule has 10 heteroatoms. The maximum Gasteiger partial charge on any atom is 0.200 e. The fourth-order valence-electron chi connectivity index (χ4n) is 7.50. The van der Waals surface area contributed by atoms with Crippen molar-refractivity contribution in [1.29, 1.82) is 0 Å². The second-order valence-electron chi connectivity index (χ2n) is 14.7. The summed E-state index contributed by atoms with van der Waals surface area (Å²) in [6.45, 7) is 9.31. The average Bonchev–Trinajstić information content (AvgIpc) is 3.10. The number of phenols is 7. The Morgan fingerprint density at radius 3 is 2.02 bits per heavy atom. The highest BCUT2D eigenvalue weighted by atomic mass is 16.3. The molecule has 1 heterocycles. The molecule has 55 heavy (non-hydrogen) atoms. The van der Waals surface area contributed by atoms with Gasteiger partial charge in [0, 0.05) is 40.7 Å². The first kappa shape index (κ1) is 38.3. The number of phenolic OH excluding ortho intramolecular Hbond substituents is 7. The van der Waals surface area contributed by atoms with Crippen LogP contribution in [0.2, 0.25) is 0 Å². The second-order valence-corrected chi connectivity index (χ2v) is 14.7. The van der Waals surface area contributed by atoms with Crippen LogP contribution in [-0.2, 0) is 12.8 Å². The van der Waals surface area contributed by atoms with E-state index in [1.807, 2.05) is 40.7 Å². The van der Waals surface area contributed by atoms with E-state index in [0.29, 0.717) is 12.0 Å². The summed E-state index contributed by atoms with van der Waals surface area (Å²) in [5.74, 6) is -5.46. The van der Waals surface area contributed by atoms with Gasteiger partial charge in [-0.15, -0.1) is 0 Å². The molecule has 7 N–H and O–H groups in total. The van der Waals surface area contributed by atoms with E-state index in [1.54, 1.807) is 24.3 Å². The number of Topliss-reactive ketones (excluding diaryl/α,β-unsaturated/α-hetero) is 1. The van der Waals surface area contributed by atoms with Gasteiger partial charge in [-0.2, -0.15) is 0 Å². The number of fused-ring (bicyclic) bond motifs is 1. The summed E-state index contributed by atoms with van der Waals surface area (Å²) in [6, 6.07) is 14.0. The molecule has 0 saturated heterocycles. The number of hydrogen-bond donors (Lipinski definition) is 7. The zero-order chi connectivity index (χ0) is 39.9. The van der Waals surface area contributed by atoms with Crippen molar-refractivity contribution in [3.63, 3.8) is 0 Å². The molecule has 1 aliphatic carbocycles. The van der Waals surface area contributed by atoms with Crippen LogP contribution in [0, 0.1) is 5.92 Å². The predicted octanol–water partition coefficient (Wildman–Crippen LogP) is 9.13. The second kappa shape index (κ2) is 15.1. The molecule has 0 radical (unpaired) electrons. The van der Waals surface area contributed by atoms with Gasteiger partial charge < -0.3 is 40.2 Å². The Bertz CT molecular complexity index is 2480. The molecule has 5 aromatic rings. The Morgan fingerprint density at radius 1 is 0.745 bits per heavy atom. The van der Waals surface area contributed by atoms with Crippen LogP contribution in [0.3, 0.4) is 0 Å². The van der Waals surface area contributed by atoms with Crippen molar-refractivity contribution in [2.24, 2.45) is 5.92 Å². The molecule has 1 aliphatic rings.